The van der Waals surface area contributed by atoms with Crippen LogP contribution in [0, 0.1) is 0 Å². The van der Waals surface area contributed by atoms with E-state index in [0.717, 1.165) is 11.4 Å². The van der Waals surface area contributed by atoms with Gasteiger partial charge in [0.25, 0.3) is 0 Å². The van der Waals surface area contributed by atoms with E-state index in [0.29, 0.717) is 0 Å². The summed E-state index contributed by atoms with van der Waals surface area (Å²) in [5.41, 5.74) is 7.18. The molecule has 8 rings (SSSR count). The Balaban J connectivity index is 1.14. The molecule has 0 heterocycles. The molecule has 0 radical (unpaired) electrons. The van der Waals surface area contributed by atoms with Crippen LogP contribution in [0.5, 0.6) is 0 Å². The van der Waals surface area contributed by atoms with Crippen molar-refractivity contribution in [3.8, 4) is 22.3 Å². The monoisotopic (exact) mass is 521 g/mol. The molecule has 1 heteroatoms. The lowest BCUT2D eigenvalue weighted by molar-refractivity contribution is 1.57. The Hall–Kier alpha value is -5.40. The first-order valence-electron chi connectivity index (χ1n) is 14.1. The van der Waals surface area contributed by atoms with Gasteiger partial charge in [-0.25, -0.2) is 0 Å². The van der Waals surface area contributed by atoms with E-state index in [1.807, 2.05) is 0 Å². The number of benzene rings is 8. The van der Waals surface area contributed by atoms with Gasteiger partial charge in [-0.2, -0.15) is 0 Å². The summed E-state index contributed by atoms with van der Waals surface area (Å²) in [4.78, 5) is 0. The van der Waals surface area contributed by atoms with E-state index in [9.17, 15) is 0 Å². The maximum atomic E-state index is 3.73. The van der Waals surface area contributed by atoms with Crippen LogP contribution in [0.3, 0.4) is 0 Å². The van der Waals surface area contributed by atoms with Gasteiger partial charge in [-0.05, 0) is 78.8 Å². The van der Waals surface area contributed by atoms with E-state index in [2.05, 4.69) is 163 Å². The minimum atomic E-state index is 1.08. The van der Waals surface area contributed by atoms with Crippen molar-refractivity contribution >= 4 is 54.5 Å². The highest BCUT2D eigenvalue weighted by Crippen LogP contribution is 2.38. The van der Waals surface area contributed by atoms with Gasteiger partial charge in [0.2, 0.25) is 0 Å². The second-order valence-electron chi connectivity index (χ2n) is 10.7. The predicted molar refractivity (Wildman–Crippen MR) is 177 cm³/mol. The quantitative estimate of drug-likeness (QED) is 0.227. The highest BCUT2D eigenvalue weighted by Gasteiger charge is 2.11. The molecule has 0 fully saturated rings. The second-order valence-corrected chi connectivity index (χ2v) is 10.7. The van der Waals surface area contributed by atoms with Gasteiger partial charge in [-0.15, -0.1) is 0 Å². The van der Waals surface area contributed by atoms with Gasteiger partial charge in [0.05, 0.1) is 5.69 Å². The van der Waals surface area contributed by atoms with Crippen LogP contribution in [-0.2, 0) is 0 Å². The summed E-state index contributed by atoms with van der Waals surface area (Å²) in [5.74, 6) is 0. The summed E-state index contributed by atoms with van der Waals surface area (Å²) < 4.78 is 0. The molecular formula is C40H27N. The Kier molecular flexibility index (Phi) is 5.53. The lowest BCUT2D eigenvalue weighted by atomic mass is 9.91. The molecule has 0 amide bonds. The summed E-state index contributed by atoms with van der Waals surface area (Å²) in [6.45, 7) is 0. The Morgan fingerprint density at radius 3 is 1.17 bits per heavy atom. The smallest absolute Gasteiger partial charge is 0.0543 e. The molecule has 1 nitrogen and oxygen atoms in total. The van der Waals surface area contributed by atoms with Gasteiger partial charge in [-0.1, -0.05) is 133 Å². The van der Waals surface area contributed by atoms with Crippen LogP contribution >= 0.6 is 0 Å². The van der Waals surface area contributed by atoms with Crippen molar-refractivity contribution in [2.24, 2.45) is 0 Å². The fraction of sp³-hybridized carbons (Fsp3) is 0. The Morgan fingerprint density at radius 1 is 0.317 bits per heavy atom. The molecule has 0 unspecified atom stereocenters. The van der Waals surface area contributed by atoms with Crippen LogP contribution in [0.4, 0.5) is 11.4 Å². The molecule has 0 saturated carbocycles. The molecule has 0 aliphatic carbocycles. The van der Waals surface area contributed by atoms with Crippen molar-refractivity contribution in [2.75, 3.05) is 5.32 Å². The Morgan fingerprint density at radius 2 is 0.683 bits per heavy atom. The topological polar surface area (TPSA) is 12.0 Å². The van der Waals surface area contributed by atoms with Gasteiger partial charge in [0, 0.05) is 16.5 Å². The minimum absolute atomic E-state index is 1.08. The van der Waals surface area contributed by atoms with E-state index >= 15 is 0 Å². The third kappa shape index (κ3) is 4.11. The lowest BCUT2D eigenvalue weighted by Gasteiger charge is -2.15. The zero-order valence-electron chi connectivity index (χ0n) is 22.5. The molecule has 8 aromatic carbocycles. The number of anilines is 2. The van der Waals surface area contributed by atoms with Crippen molar-refractivity contribution < 1.29 is 0 Å². The second kappa shape index (κ2) is 9.66. The van der Waals surface area contributed by atoms with Crippen molar-refractivity contribution in [1.82, 2.24) is 0 Å². The van der Waals surface area contributed by atoms with Crippen molar-refractivity contribution in [3.05, 3.63) is 158 Å². The third-order valence-corrected chi connectivity index (χ3v) is 8.20. The summed E-state index contributed by atoms with van der Waals surface area (Å²) in [7, 11) is 0. The van der Waals surface area contributed by atoms with Gasteiger partial charge in [0.1, 0.15) is 0 Å². The average molecular weight is 522 g/mol. The zero-order valence-corrected chi connectivity index (χ0v) is 22.5. The average Bonchev–Trinajstić information content (AvgIpc) is 3.04. The molecule has 0 spiro atoms. The van der Waals surface area contributed by atoms with Crippen LogP contribution in [0.25, 0.3) is 65.3 Å². The Bertz CT molecular complexity index is 2100. The highest BCUT2D eigenvalue weighted by atomic mass is 14.9. The molecular weight excluding hydrogens is 494 g/mol. The highest BCUT2D eigenvalue weighted by molar-refractivity contribution is 6.13. The predicted octanol–water partition coefficient (Wildman–Crippen LogP) is 11.4. The molecule has 0 saturated heterocycles. The molecule has 0 atom stereocenters. The van der Waals surface area contributed by atoms with Crippen molar-refractivity contribution in [2.45, 2.75) is 0 Å². The first kappa shape index (κ1) is 23.5. The van der Waals surface area contributed by atoms with Crippen LogP contribution < -0.4 is 5.32 Å². The zero-order chi connectivity index (χ0) is 27.2. The van der Waals surface area contributed by atoms with Crippen molar-refractivity contribution in [1.29, 1.82) is 0 Å². The van der Waals surface area contributed by atoms with Gasteiger partial charge in [-0.3, -0.25) is 0 Å². The summed E-state index contributed by atoms with van der Waals surface area (Å²) >= 11 is 0. The normalized spacial score (nSPS) is 11.4. The largest absolute Gasteiger partial charge is 0.355 e. The van der Waals surface area contributed by atoms with E-state index in [-0.39, 0.29) is 0 Å². The molecule has 0 bridgehead atoms. The van der Waals surface area contributed by atoms with Gasteiger partial charge < -0.3 is 5.32 Å². The number of rotatable bonds is 4. The lowest BCUT2D eigenvalue weighted by Crippen LogP contribution is -1.93. The first-order chi connectivity index (χ1) is 20.3. The van der Waals surface area contributed by atoms with Crippen LogP contribution in [0.15, 0.2) is 158 Å². The number of hydrogen-bond donors (Lipinski definition) is 1. The number of fused-ring (bicyclic) bond motifs is 4. The fourth-order valence-electron chi connectivity index (χ4n) is 6.19. The maximum Gasteiger partial charge on any atom is 0.0543 e. The molecule has 1 N–H and O–H groups in total. The molecule has 192 valence electrons. The first-order valence-corrected chi connectivity index (χ1v) is 14.1. The third-order valence-electron chi connectivity index (χ3n) is 8.20. The maximum absolute atomic E-state index is 3.73. The molecule has 0 aliphatic heterocycles. The SMILES string of the molecule is c1ccc2c(Nc3ccc(-c4ccc(-c5c6ccccc6cc6ccccc56)cc4)cc3)c3ccccc3cc2c1. The van der Waals surface area contributed by atoms with E-state index in [1.165, 1.54) is 65.3 Å². The van der Waals surface area contributed by atoms with Crippen LogP contribution in [0.2, 0.25) is 0 Å². The molecule has 8 aromatic rings. The minimum Gasteiger partial charge on any atom is -0.355 e. The van der Waals surface area contributed by atoms with E-state index < -0.39 is 0 Å². The molecule has 0 aliphatic rings. The fourth-order valence-corrected chi connectivity index (χ4v) is 6.19. The van der Waals surface area contributed by atoms with E-state index in [1.54, 1.807) is 0 Å². The number of nitrogens with one attached hydrogen (secondary N) is 1. The summed E-state index contributed by atoms with van der Waals surface area (Å²) in [6, 6.07) is 56.9. The van der Waals surface area contributed by atoms with Crippen molar-refractivity contribution in [3.63, 3.8) is 0 Å². The summed E-state index contributed by atoms with van der Waals surface area (Å²) in [6.07, 6.45) is 0. The Labute approximate surface area is 239 Å². The standard InChI is InChI=1S/C40H27N/c1-5-13-35-30(9-1)25-31-10-2-6-14-36(31)39(35)29-19-17-27(18-20-29)28-21-23-34(24-22-28)41-40-37-15-7-3-11-32(37)26-33-12-4-8-16-38(33)40/h1-26,41H. The van der Waals surface area contributed by atoms with Gasteiger partial charge in [0.15, 0.2) is 0 Å². The number of hydrogen-bond acceptors (Lipinski definition) is 1. The van der Waals surface area contributed by atoms with Gasteiger partial charge >= 0.3 is 0 Å². The molecule has 0 aromatic heterocycles. The van der Waals surface area contributed by atoms with Crippen LogP contribution in [0.1, 0.15) is 0 Å². The summed E-state index contributed by atoms with van der Waals surface area (Å²) in [5, 5.41) is 13.8. The molecule has 41 heavy (non-hydrogen) atoms. The van der Waals surface area contributed by atoms with E-state index in [4.69, 9.17) is 0 Å². The van der Waals surface area contributed by atoms with Crippen LogP contribution in [-0.4, -0.2) is 0 Å².